The molecule has 0 radical (unpaired) electrons. The van der Waals surface area contributed by atoms with Gasteiger partial charge in [0.15, 0.2) is 5.16 Å². The molecule has 0 aliphatic heterocycles. The third-order valence-corrected chi connectivity index (χ3v) is 6.57. The monoisotopic (exact) mass is 435 g/mol. The fraction of sp³-hybridized carbons (Fsp3) is 0.304. The van der Waals surface area contributed by atoms with Crippen LogP contribution in [0.3, 0.4) is 0 Å². The van der Waals surface area contributed by atoms with Crippen LogP contribution in [-0.4, -0.2) is 48.8 Å². The Hall–Kier alpha value is -3.13. The summed E-state index contributed by atoms with van der Waals surface area (Å²) in [6.45, 7) is 9.30. The standard InChI is InChI=1S/C23H25N5O2S/c1-5-26(6-2)20(29)14-31-23-25-24-22-27(18-13-9-10-15(3)16(18)4)21(30)17-11-7-8-12-19(17)28(22)23/h7-13H,5-6,14H2,1-4H3. The van der Waals surface area contributed by atoms with Crippen LogP contribution in [0.15, 0.2) is 52.4 Å². The molecule has 7 nitrogen and oxygen atoms in total. The van der Waals surface area contributed by atoms with Crippen LogP contribution in [0.2, 0.25) is 0 Å². The van der Waals surface area contributed by atoms with Crippen molar-refractivity contribution in [1.82, 2.24) is 24.1 Å². The first-order valence-electron chi connectivity index (χ1n) is 10.3. The minimum atomic E-state index is -0.139. The number of aromatic nitrogens is 4. The maximum atomic E-state index is 13.5. The lowest BCUT2D eigenvalue weighted by molar-refractivity contribution is -0.127. The fourth-order valence-electron chi connectivity index (χ4n) is 3.76. The van der Waals surface area contributed by atoms with Crippen molar-refractivity contribution in [2.24, 2.45) is 0 Å². The molecule has 2 heterocycles. The second-order valence-corrected chi connectivity index (χ2v) is 8.29. The Morgan fingerprint density at radius 1 is 1.03 bits per heavy atom. The van der Waals surface area contributed by atoms with E-state index in [1.165, 1.54) is 11.8 Å². The van der Waals surface area contributed by atoms with Crippen molar-refractivity contribution in [3.63, 3.8) is 0 Å². The van der Waals surface area contributed by atoms with Gasteiger partial charge in [0.2, 0.25) is 11.7 Å². The Morgan fingerprint density at radius 3 is 2.52 bits per heavy atom. The molecule has 2 aromatic carbocycles. The van der Waals surface area contributed by atoms with E-state index in [4.69, 9.17) is 0 Å². The van der Waals surface area contributed by atoms with Crippen molar-refractivity contribution in [3.8, 4) is 5.69 Å². The molecule has 4 aromatic rings. The predicted octanol–water partition coefficient (Wildman–Crippen LogP) is 3.61. The number of benzene rings is 2. The van der Waals surface area contributed by atoms with Crippen molar-refractivity contribution in [3.05, 3.63) is 63.9 Å². The zero-order valence-electron chi connectivity index (χ0n) is 18.1. The van der Waals surface area contributed by atoms with Crippen molar-refractivity contribution in [2.45, 2.75) is 32.9 Å². The summed E-state index contributed by atoms with van der Waals surface area (Å²) in [6.07, 6.45) is 0. The summed E-state index contributed by atoms with van der Waals surface area (Å²) >= 11 is 1.34. The smallest absolute Gasteiger partial charge is 0.267 e. The maximum Gasteiger partial charge on any atom is 0.267 e. The number of aryl methyl sites for hydroxylation is 1. The summed E-state index contributed by atoms with van der Waals surface area (Å²) in [7, 11) is 0. The van der Waals surface area contributed by atoms with Crippen LogP contribution < -0.4 is 5.56 Å². The molecular formula is C23H25N5O2S. The Balaban J connectivity index is 1.93. The van der Waals surface area contributed by atoms with E-state index < -0.39 is 0 Å². The first-order chi connectivity index (χ1) is 15.0. The summed E-state index contributed by atoms with van der Waals surface area (Å²) in [4.78, 5) is 27.8. The predicted molar refractivity (Wildman–Crippen MR) is 124 cm³/mol. The van der Waals surface area contributed by atoms with Gasteiger partial charge < -0.3 is 4.90 Å². The third-order valence-electron chi connectivity index (χ3n) is 5.65. The molecular weight excluding hydrogens is 410 g/mol. The van der Waals surface area contributed by atoms with Crippen LogP contribution in [0.25, 0.3) is 22.4 Å². The fourth-order valence-corrected chi connectivity index (χ4v) is 4.60. The highest BCUT2D eigenvalue weighted by Gasteiger charge is 2.20. The molecule has 31 heavy (non-hydrogen) atoms. The van der Waals surface area contributed by atoms with Gasteiger partial charge in [-0.2, -0.15) is 0 Å². The number of nitrogens with zero attached hydrogens (tertiary/aromatic N) is 5. The van der Waals surface area contributed by atoms with E-state index in [1.807, 2.05) is 74.6 Å². The molecule has 0 saturated heterocycles. The molecule has 0 bridgehead atoms. The Labute approximate surface area is 184 Å². The van der Waals surface area contributed by atoms with E-state index in [-0.39, 0.29) is 17.2 Å². The highest BCUT2D eigenvalue weighted by Crippen LogP contribution is 2.25. The highest BCUT2D eigenvalue weighted by atomic mass is 32.2. The Bertz CT molecular complexity index is 1340. The molecule has 0 atom stereocenters. The Kier molecular flexibility index (Phi) is 5.82. The zero-order valence-corrected chi connectivity index (χ0v) is 18.9. The van der Waals surface area contributed by atoms with E-state index in [0.717, 1.165) is 22.3 Å². The molecule has 160 valence electrons. The largest absolute Gasteiger partial charge is 0.343 e. The van der Waals surface area contributed by atoms with Crippen LogP contribution in [0.5, 0.6) is 0 Å². The zero-order chi connectivity index (χ0) is 22.1. The SMILES string of the molecule is CCN(CC)C(=O)CSc1nnc2n(-c3cccc(C)c3C)c(=O)c3ccccc3n12. The van der Waals surface area contributed by atoms with Crippen LogP contribution in [0, 0.1) is 13.8 Å². The average Bonchev–Trinajstić information content (AvgIpc) is 3.20. The van der Waals surface area contributed by atoms with Crippen LogP contribution in [0.4, 0.5) is 0 Å². The minimum absolute atomic E-state index is 0.0545. The number of hydrogen-bond acceptors (Lipinski definition) is 5. The summed E-state index contributed by atoms with van der Waals surface area (Å²) in [6, 6.07) is 13.3. The summed E-state index contributed by atoms with van der Waals surface area (Å²) in [5.41, 5.74) is 3.47. The molecule has 4 rings (SSSR count). The lowest BCUT2D eigenvalue weighted by Gasteiger charge is -2.18. The summed E-state index contributed by atoms with van der Waals surface area (Å²) in [5, 5.41) is 9.89. The van der Waals surface area contributed by atoms with Crippen LogP contribution >= 0.6 is 11.8 Å². The van der Waals surface area contributed by atoms with Gasteiger partial charge in [-0.1, -0.05) is 36.0 Å². The number of hydrogen-bond donors (Lipinski definition) is 0. The van der Waals surface area contributed by atoms with Gasteiger partial charge in [0, 0.05) is 13.1 Å². The first-order valence-corrected chi connectivity index (χ1v) is 11.3. The Morgan fingerprint density at radius 2 is 1.77 bits per heavy atom. The molecule has 2 aromatic heterocycles. The van der Waals surface area contributed by atoms with Gasteiger partial charge in [0.05, 0.1) is 22.3 Å². The van der Waals surface area contributed by atoms with Gasteiger partial charge >= 0.3 is 0 Å². The van der Waals surface area contributed by atoms with Gasteiger partial charge in [-0.15, -0.1) is 10.2 Å². The molecule has 0 spiro atoms. The molecule has 0 N–H and O–H groups in total. The number of amides is 1. The number of para-hydroxylation sites is 1. The van der Waals surface area contributed by atoms with E-state index >= 15 is 0 Å². The molecule has 1 amide bonds. The van der Waals surface area contributed by atoms with Gasteiger partial charge in [-0.25, -0.2) is 4.57 Å². The summed E-state index contributed by atoms with van der Waals surface area (Å²) in [5.74, 6) is 0.758. The van der Waals surface area contributed by atoms with Crippen molar-refractivity contribution in [1.29, 1.82) is 0 Å². The van der Waals surface area contributed by atoms with Crippen LogP contribution in [-0.2, 0) is 4.79 Å². The van der Waals surface area contributed by atoms with Gasteiger partial charge in [0.1, 0.15) is 0 Å². The normalized spacial score (nSPS) is 11.4. The minimum Gasteiger partial charge on any atom is -0.343 e. The highest BCUT2D eigenvalue weighted by molar-refractivity contribution is 7.99. The van der Waals surface area contributed by atoms with E-state index in [0.29, 0.717) is 29.4 Å². The third kappa shape index (κ3) is 3.61. The van der Waals surface area contributed by atoms with Gasteiger partial charge in [0.25, 0.3) is 5.56 Å². The number of fused-ring (bicyclic) bond motifs is 3. The number of rotatable bonds is 6. The van der Waals surface area contributed by atoms with E-state index in [9.17, 15) is 9.59 Å². The molecule has 0 unspecified atom stereocenters. The number of thioether (sulfide) groups is 1. The molecule has 0 aliphatic carbocycles. The quantitative estimate of drug-likeness (QED) is 0.433. The molecule has 0 aliphatic rings. The van der Waals surface area contributed by atoms with Crippen molar-refractivity contribution in [2.75, 3.05) is 18.8 Å². The molecule has 8 heteroatoms. The average molecular weight is 436 g/mol. The van der Waals surface area contributed by atoms with Crippen LogP contribution in [0.1, 0.15) is 25.0 Å². The molecule has 0 fully saturated rings. The summed E-state index contributed by atoms with van der Waals surface area (Å²) < 4.78 is 3.49. The van der Waals surface area contributed by atoms with E-state index in [1.54, 1.807) is 9.47 Å². The van der Waals surface area contributed by atoms with Crippen molar-refractivity contribution >= 4 is 34.3 Å². The lowest BCUT2D eigenvalue weighted by atomic mass is 10.1. The van der Waals surface area contributed by atoms with Crippen molar-refractivity contribution < 1.29 is 4.79 Å². The maximum absolute atomic E-state index is 13.5. The second-order valence-electron chi connectivity index (χ2n) is 7.35. The van der Waals surface area contributed by atoms with Gasteiger partial charge in [-0.05, 0) is 57.0 Å². The van der Waals surface area contributed by atoms with Gasteiger partial charge in [-0.3, -0.25) is 14.0 Å². The topological polar surface area (TPSA) is 72.5 Å². The second kappa shape index (κ2) is 8.55. The van der Waals surface area contributed by atoms with E-state index in [2.05, 4.69) is 10.2 Å². The number of carbonyl (C=O) groups excluding carboxylic acids is 1. The lowest BCUT2D eigenvalue weighted by Crippen LogP contribution is -2.31. The molecule has 0 saturated carbocycles. The number of carbonyl (C=O) groups is 1. The first kappa shape index (κ1) is 21.1.